The van der Waals surface area contributed by atoms with Crippen LogP contribution in [0.5, 0.6) is 0 Å². The van der Waals surface area contributed by atoms with Crippen LogP contribution in [-0.2, 0) is 15.8 Å². The first-order valence-electron chi connectivity index (χ1n) is 7.09. The van der Waals surface area contributed by atoms with Crippen LogP contribution >= 0.6 is 0 Å². The van der Waals surface area contributed by atoms with E-state index in [1.165, 1.54) is 18.2 Å². The number of hydrogen-bond acceptors (Lipinski definition) is 2. The van der Waals surface area contributed by atoms with Gasteiger partial charge in [-0.25, -0.2) is 17.5 Å². The molecule has 3 nitrogen and oxygen atoms in total. The molecule has 0 heterocycles. The third kappa shape index (κ3) is 4.15. The van der Waals surface area contributed by atoms with Crippen LogP contribution in [-0.4, -0.2) is 8.42 Å². The van der Waals surface area contributed by atoms with Crippen LogP contribution in [0.25, 0.3) is 0 Å². The number of halogens is 1. The Morgan fingerprint density at radius 3 is 2.50 bits per heavy atom. The number of nitrogens with one attached hydrogen (secondary N) is 1. The van der Waals surface area contributed by atoms with E-state index < -0.39 is 15.8 Å². The second-order valence-corrected chi connectivity index (χ2v) is 7.30. The summed E-state index contributed by atoms with van der Waals surface area (Å²) in [6.07, 6.45) is 0. The zero-order valence-corrected chi connectivity index (χ0v) is 13.7. The standard InChI is InChI=1S/C17H20FNO2S/c1-12-8-9-13(2)16(10-12)14(3)19-22(20,21)11-15-6-4-5-7-17(15)18/h4-10,14,19H,11H2,1-3H3/t14-/m1/s1. The molecule has 0 fully saturated rings. The van der Waals surface area contributed by atoms with Crippen molar-refractivity contribution < 1.29 is 12.8 Å². The highest BCUT2D eigenvalue weighted by Gasteiger charge is 2.19. The van der Waals surface area contributed by atoms with Crippen LogP contribution < -0.4 is 4.72 Å². The lowest BCUT2D eigenvalue weighted by molar-refractivity contribution is 0.561. The van der Waals surface area contributed by atoms with Crippen molar-refractivity contribution in [2.45, 2.75) is 32.6 Å². The number of aryl methyl sites for hydroxylation is 2. The fraction of sp³-hybridized carbons (Fsp3) is 0.294. The van der Waals surface area contributed by atoms with Gasteiger partial charge in [0.2, 0.25) is 10.0 Å². The van der Waals surface area contributed by atoms with Crippen molar-refractivity contribution in [1.29, 1.82) is 0 Å². The molecule has 0 aliphatic heterocycles. The van der Waals surface area contributed by atoms with Crippen LogP contribution in [0.15, 0.2) is 42.5 Å². The molecule has 2 aromatic carbocycles. The van der Waals surface area contributed by atoms with E-state index in [1.54, 1.807) is 13.0 Å². The van der Waals surface area contributed by atoms with Crippen LogP contribution in [0.3, 0.4) is 0 Å². The van der Waals surface area contributed by atoms with Gasteiger partial charge in [0.15, 0.2) is 0 Å². The summed E-state index contributed by atoms with van der Waals surface area (Å²) in [4.78, 5) is 0. The molecule has 0 saturated carbocycles. The number of sulfonamides is 1. The lowest BCUT2D eigenvalue weighted by Gasteiger charge is -2.17. The molecule has 0 radical (unpaired) electrons. The quantitative estimate of drug-likeness (QED) is 0.914. The zero-order chi connectivity index (χ0) is 16.3. The molecular formula is C17H20FNO2S. The summed E-state index contributed by atoms with van der Waals surface area (Å²) in [5, 5.41) is 0. The molecule has 0 saturated heterocycles. The Labute approximate surface area is 131 Å². The highest BCUT2D eigenvalue weighted by atomic mass is 32.2. The highest BCUT2D eigenvalue weighted by molar-refractivity contribution is 7.88. The Morgan fingerprint density at radius 1 is 1.14 bits per heavy atom. The van der Waals surface area contributed by atoms with E-state index in [0.29, 0.717) is 0 Å². The normalized spacial score (nSPS) is 13.1. The Morgan fingerprint density at radius 2 is 1.82 bits per heavy atom. The highest BCUT2D eigenvalue weighted by Crippen LogP contribution is 2.20. The second kappa shape index (κ2) is 6.58. The predicted octanol–water partition coefficient (Wildman–Crippen LogP) is 3.62. The Bertz CT molecular complexity index is 772. The van der Waals surface area contributed by atoms with Gasteiger partial charge in [-0.1, -0.05) is 42.0 Å². The summed E-state index contributed by atoms with van der Waals surface area (Å²) in [5.41, 5.74) is 3.19. The Kier molecular flexibility index (Phi) is 4.98. The maximum Gasteiger partial charge on any atom is 0.216 e. The molecule has 1 atom stereocenters. The third-order valence-corrected chi connectivity index (χ3v) is 4.96. The minimum atomic E-state index is -3.62. The van der Waals surface area contributed by atoms with Gasteiger partial charge in [0.1, 0.15) is 5.82 Å². The summed E-state index contributed by atoms with van der Waals surface area (Å²) >= 11 is 0. The third-order valence-electron chi connectivity index (χ3n) is 3.56. The SMILES string of the molecule is Cc1ccc(C)c([C@@H](C)NS(=O)(=O)Cc2ccccc2F)c1. The molecule has 22 heavy (non-hydrogen) atoms. The summed E-state index contributed by atoms with van der Waals surface area (Å²) in [5.74, 6) is -0.873. The average Bonchev–Trinajstić information content (AvgIpc) is 2.43. The second-order valence-electron chi connectivity index (χ2n) is 5.55. The van der Waals surface area contributed by atoms with Crippen molar-refractivity contribution in [2.24, 2.45) is 0 Å². The lowest BCUT2D eigenvalue weighted by Crippen LogP contribution is -2.28. The van der Waals surface area contributed by atoms with Crippen molar-refractivity contribution in [3.8, 4) is 0 Å². The van der Waals surface area contributed by atoms with Crippen molar-refractivity contribution >= 4 is 10.0 Å². The Balaban J connectivity index is 2.18. The molecule has 0 bridgehead atoms. The van der Waals surface area contributed by atoms with Gasteiger partial charge < -0.3 is 0 Å². The minimum absolute atomic E-state index is 0.170. The lowest BCUT2D eigenvalue weighted by atomic mass is 10.0. The van der Waals surface area contributed by atoms with Gasteiger partial charge in [-0.3, -0.25) is 0 Å². The van der Waals surface area contributed by atoms with Gasteiger partial charge in [-0.15, -0.1) is 0 Å². The number of hydrogen-bond donors (Lipinski definition) is 1. The molecule has 0 unspecified atom stereocenters. The van der Waals surface area contributed by atoms with Gasteiger partial charge in [0.05, 0.1) is 5.75 Å². The van der Waals surface area contributed by atoms with Crippen molar-refractivity contribution in [1.82, 2.24) is 4.72 Å². The van der Waals surface area contributed by atoms with Gasteiger partial charge in [0.25, 0.3) is 0 Å². The van der Waals surface area contributed by atoms with Crippen LogP contribution in [0.2, 0.25) is 0 Å². The molecule has 0 aromatic heterocycles. The van der Waals surface area contributed by atoms with Gasteiger partial charge in [0, 0.05) is 11.6 Å². The monoisotopic (exact) mass is 321 g/mol. The first kappa shape index (κ1) is 16.6. The maximum absolute atomic E-state index is 13.6. The van der Waals surface area contributed by atoms with Crippen LogP contribution in [0.4, 0.5) is 4.39 Å². The molecule has 2 aromatic rings. The molecular weight excluding hydrogens is 301 g/mol. The van der Waals surface area contributed by atoms with E-state index in [-0.39, 0.29) is 17.4 Å². The average molecular weight is 321 g/mol. The summed E-state index contributed by atoms with van der Waals surface area (Å²) < 4.78 is 40.7. The van der Waals surface area contributed by atoms with Crippen molar-refractivity contribution in [3.05, 3.63) is 70.5 Å². The molecule has 1 N–H and O–H groups in total. The fourth-order valence-electron chi connectivity index (χ4n) is 2.42. The first-order chi connectivity index (χ1) is 10.3. The number of benzene rings is 2. The predicted molar refractivity (Wildman–Crippen MR) is 86.5 cm³/mol. The van der Waals surface area contributed by atoms with Crippen LogP contribution in [0.1, 0.15) is 35.2 Å². The van der Waals surface area contributed by atoms with E-state index in [1.807, 2.05) is 32.0 Å². The molecule has 0 spiro atoms. The molecule has 2 rings (SSSR count). The smallest absolute Gasteiger partial charge is 0.212 e. The molecule has 118 valence electrons. The molecule has 0 aliphatic carbocycles. The van der Waals surface area contributed by atoms with E-state index >= 15 is 0 Å². The van der Waals surface area contributed by atoms with Crippen molar-refractivity contribution in [3.63, 3.8) is 0 Å². The summed E-state index contributed by atoms with van der Waals surface area (Å²) in [7, 11) is -3.62. The van der Waals surface area contributed by atoms with E-state index in [0.717, 1.165) is 16.7 Å². The molecule has 5 heteroatoms. The summed E-state index contributed by atoms with van der Waals surface area (Å²) in [6.45, 7) is 5.70. The summed E-state index contributed by atoms with van der Waals surface area (Å²) in [6, 6.07) is 11.5. The van der Waals surface area contributed by atoms with Gasteiger partial charge in [-0.05, 0) is 38.0 Å². The minimum Gasteiger partial charge on any atom is -0.212 e. The van der Waals surface area contributed by atoms with Crippen LogP contribution in [0, 0.1) is 19.7 Å². The van der Waals surface area contributed by atoms with E-state index in [2.05, 4.69) is 4.72 Å². The van der Waals surface area contributed by atoms with Gasteiger partial charge in [-0.2, -0.15) is 0 Å². The zero-order valence-electron chi connectivity index (χ0n) is 12.9. The largest absolute Gasteiger partial charge is 0.216 e. The Hall–Kier alpha value is -1.72. The van der Waals surface area contributed by atoms with E-state index in [9.17, 15) is 12.8 Å². The molecule has 0 amide bonds. The van der Waals surface area contributed by atoms with Crippen molar-refractivity contribution in [2.75, 3.05) is 0 Å². The maximum atomic E-state index is 13.6. The van der Waals surface area contributed by atoms with E-state index in [4.69, 9.17) is 0 Å². The fourth-order valence-corrected chi connectivity index (χ4v) is 3.81. The number of rotatable bonds is 5. The van der Waals surface area contributed by atoms with Gasteiger partial charge >= 0.3 is 0 Å². The first-order valence-corrected chi connectivity index (χ1v) is 8.74. The molecule has 0 aliphatic rings. The topological polar surface area (TPSA) is 46.2 Å².